The van der Waals surface area contributed by atoms with Gasteiger partial charge in [-0.2, -0.15) is 0 Å². The molecule has 1 aromatic carbocycles. The van der Waals surface area contributed by atoms with Crippen LogP contribution in [0.25, 0.3) is 0 Å². The van der Waals surface area contributed by atoms with Crippen molar-refractivity contribution in [2.45, 2.75) is 38.2 Å². The normalized spacial score (nSPS) is 13.7. The number of benzene rings is 1. The molecule has 0 aliphatic rings. The zero-order chi connectivity index (χ0) is 12.9. The summed E-state index contributed by atoms with van der Waals surface area (Å²) in [5.74, 6) is 0.307. The summed E-state index contributed by atoms with van der Waals surface area (Å²) in [6.45, 7) is 4.05. The Balaban J connectivity index is 2.70. The summed E-state index contributed by atoms with van der Waals surface area (Å²) in [6, 6.07) is 6.83. The Hall–Kier alpha value is -0.600. The molecule has 0 spiro atoms. The molecule has 96 valence electrons. The molecule has 0 radical (unpaired) electrons. The lowest BCUT2D eigenvalue weighted by Gasteiger charge is -2.25. The van der Waals surface area contributed by atoms with Crippen molar-refractivity contribution in [3.05, 3.63) is 35.6 Å². The highest BCUT2D eigenvalue weighted by atomic mass is 35.5. The van der Waals surface area contributed by atoms with Crippen LogP contribution in [-0.4, -0.2) is 18.6 Å². The molecule has 0 N–H and O–H groups in total. The summed E-state index contributed by atoms with van der Waals surface area (Å²) in [5, 5.41) is 0. The van der Waals surface area contributed by atoms with Crippen molar-refractivity contribution in [3.8, 4) is 0 Å². The third-order valence-electron chi connectivity index (χ3n) is 3.18. The fraction of sp³-hybridized carbons (Fsp3) is 0.571. The molecular formula is C14H20ClFO. The van der Waals surface area contributed by atoms with Crippen LogP contribution in [0.2, 0.25) is 0 Å². The SMILES string of the molecule is COC(C)(C)CCC(CCl)c1ccccc1F. The number of halogens is 2. The molecule has 0 bridgehead atoms. The molecule has 1 unspecified atom stereocenters. The molecule has 0 saturated heterocycles. The molecule has 0 fully saturated rings. The van der Waals surface area contributed by atoms with Crippen LogP contribution in [0.5, 0.6) is 0 Å². The third kappa shape index (κ3) is 4.29. The largest absolute Gasteiger partial charge is 0.379 e. The molecule has 0 amide bonds. The van der Waals surface area contributed by atoms with Gasteiger partial charge in [0, 0.05) is 18.9 Å². The first kappa shape index (κ1) is 14.5. The molecule has 1 nitrogen and oxygen atoms in total. The number of alkyl halides is 1. The number of rotatable bonds is 6. The van der Waals surface area contributed by atoms with Gasteiger partial charge in [0.1, 0.15) is 5.82 Å². The smallest absolute Gasteiger partial charge is 0.126 e. The topological polar surface area (TPSA) is 9.23 Å². The van der Waals surface area contributed by atoms with E-state index in [1.54, 1.807) is 13.2 Å². The first-order valence-corrected chi connectivity index (χ1v) is 6.39. The van der Waals surface area contributed by atoms with E-state index in [1.807, 2.05) is 26.0 Å². The van der Waals surface area contributed by atoms with E-state index in [9.17, 15) is 4.39 Å². The van der Waals surface area contributed by atoms with Crippen LogP contribution in [0.15, 0.2) is 24.3 Å². The summed E-state index contributed by atoms with van der Waals surface area (Å²) in [4.78, 5) is 0. The summed E-state index contributed by atoms with van der Waals surface area (Å²) in [5.41, 5.74) is 0.518. The molecule has 0 aliphatic heterocycles. The minimum atomic E-state index is -0.185. The standard InChI is InChI=1S/C14H20ClFO/c1-14(2,17-3)9-8-11(10-15)12-6-4-5-7-13(12)16/h4-7,11H,8-10H2,1-3H3. The highest BCUT2D eigenvalue weighted by molar-refractivity contribution is 6.18. The van der Waals surface area contributed by atoms with Crippen LogP contribution >= 0.6 is 11.6 Å². The lowest BCUT2D eigenvalue weighted by molar-refractivity contribution is 0.0127. The first-order chi connectivity index (χ1) is 8.00. The van der Waals surface area contributed by atoms with Gasteiger partial charge < -0.3 is 4.74 Å². The Kier molecular flexibility index (Phi) is 5.41. The Morgan fingerprint density at radius 1 is 1.35 bits per heavy atom. The average Bonchev–Trinajstić information content (AvgIpc) is 2.32. The summed E-state index contributed by atoms with van der Waals surface area (Å²) >= 11 is 5.94. The number of hydrogen-bond acceptors (Lipinski definition) is 1. The minimum Gasteiger partial charge on any atom is -0.379 e. The number of hydrogen-bond donors (Lipinski definition) is 0. The van der Waals surface area contributed by atoms with Crippen molar-refractivity contribution >= 4 is 11.6 Å². The molecule has 3 heteroatoms. The Bertz CT molecular complexity index is 352. The highest BCUT2D eigenvalue weighted by Crippen LogP contribution is 2.28. The second kappa shape index (κ2) is 6.36. The molecule has 1 aromatic rings. The third-order valence-corrected chi connectivity index (χ3v) is 3.55. The van der Waals surface area contributed by atoms with E-state index in [-0.39, 0.29) is 17.3 Å². The van der Waals surface area contributed by atoms with Crippen LogP contribution < -0.4 is 0 Å². The second-order valence-electron chi connectivity index (χ2n) is 4.88. The Morgan fingerprint density at radius 2 is 2.00 bits per heavy atom. The molecular weight excluding hydrogens is 239 g/mol. The fourth-order valence-electron chi connectivity index (χ4n) is 1.75. The van der Waals surface area contributed by atoms with Gasteiger partial charge >= 0.3 is 0 Å². The van der Waals surface area contributed by atoms with Crippen molar-refractivity contribution < 1.29 is 9.13 Å². The molecule has 0 aliphatic carbocycles. The summed E-state index contributed by atoms with van der Waals surface area (Å²) in [7, 11) is 1.69. The molecule has 0 saturated carbocycles. The lowest BCUT2D eigenvalue weighted by Crippen LogP contribution is -2.23. The van der Waals surface area contributed by atoms with Crippen molar-refractivity contribution in [2.75, 3.05) is 13.0 Å². The van der Waals surface area contributed by atoms with Gasteiger partial charge in [0.25, 0.3) is 0 Å². The second-order valence-corrected chi connectivity index (χ2v) is 5.18. The zero-order valence-electron chi connectivity index (χ0n) is 10.7. The van der Waals surface area contributed by atoms with Gasteiger partial charge in [0.05, 0.1) is 5.60 Å². The highest BCUT2D eigenvalue weighted by Gasteiger charge is 2.21. The molecule has 1 atom stereocenters. The maximum atomic E-state index is 13.6. The zero-order valence-corrected chi connectivity index (χ0v) is 11.4. The summed E-state index contributed by atoms with van der Waals surface area (Å²) < 4.78 is 19.0. The minimum absolute atomic E-state index is 0.0484. The van der Waals surface area contributed by atoms with Crippen LogP contribution in [0.4, 0.5) is 4.39 Å². The van der Waals surface area contributed by atoms with Gasteiger partial charge in [-0.3, -0.25) is 0 Å². The van der Waals surface area contributed by atoms with E-state index in [0.717, 1.165) is 12.8 Å². The first-order valence-electron chi connectivity index (χ1n) is 5.85. The predicted octanol–water partition coefficient (Wildman–Crippen LogP) is 4.35. The number of methoxy groups -OCH3 is 1. The average molecular weight is 259 g/mol. The number of ether oxygens (including phenoxy) is 1. The Labute approximate surface area is 108 Å². The van der Waals surface area contributed by atoms with E-state index in [2.05, 4.69) is 0 Å². The van der Waals surface area contributed by atoms with Crippen LogP contribution in [0.3, 0.4) is 0 Å². The monoisotopic (exact) mass is 258 g/mol. The molecule has 0 heterocycles. The maximum Gasteiger partial charge on any atom is 0.126 e. The van der Waals surface area contributed by atoms with Crippen LogP contribution in [0.1, 0.15) is 38.2 Å². The van der Waals surface area contributed by atoms with Crippen molar-refractivity contribution in [3.63, 3.8) is 0 Å². The van der Waals surface area contributed by atoms with Crippen LogP contribution in [0, 0.1) is 5.82 Å². The van der Waals surface area contributed by atoms with Crippen molar-refractivity contribution in [2.24, 2.45) is 0 Å². The van der Waals surface area contributed by atoms with Gasteiger partial charge in [-0.05, 0) is 38.3 Å². The van der Waals surface area contributed by atoms with E-state index < -0.39 is 0 Å². The Morgan fingerprint density at radius 3 is 2.53 bits per heavy atom. The molecule has 1 rings (SSSR count). The van der Waals surface area contributed by atoms with Crippen molar-refractivity contribution in [1.82, 2.24) is 0 Å². The molecule has 17 heavy (non-hydrogen) atoms. The summed E-state index contributed by atoms with van der Waals surface area (Å²) in [6.07, 6.45) is 1.68. The van der Waals surface area contributed by atoms with Crippen LogP contribution in [-0.2, 0) is 4.74 Å². The maximum absolute atomic E-state index is 13.6. The molecule has 0 aromatic heterocycles. The van der Waals surface area contributed by atoms with E-state index in [4.69, 9.17) is 16.3 Å². The van der Waals surface area contributed by atoms with Crippen molar-refractivity contribution in [1.29, 1.82) is 0 Å². The lowest BCUT2D eigenvalue weighted by atomic mass is 9.90. The van der Waals surface area contributed by atoms with Gasteiger partial charge in [-0.15, -0.1) is 11.6 Å². The van der Waals surface area contributed by atoms with Gasteiger partial charge in [0.15, 0.2) is 0 Å². The predicted molar refractivity (Wildman–Crippen MR) is 70.2 cm³/mol. The van der Waals surface area contributed by atoms with E-state index in [1.165, 1.54) is 6.07 Å². The van der Waals surface area contributed by atoms with Gasteiger partial charge in [-0.1, -0.05) is 18.2 Å². The van der Waals surface area contributed by atoms with Gasteiger partial charge in [0.2, 0.25) is 0 Å². The fourth-order valence-corrected chi connectivity index (χ4v) is 2.07. The quantitative estimate of drug-likeness (QED) is 0.689. The van der Waals surface area contributed by atoms with E-state index in [0.29, 0.717) is 11.4 Å². The van der Waals surface area contributed by atoms with E-state index >= 15 is 0 Å². The van der Waals surface area contributed by atoms with Gasteiger partial charge in [-0.25, -0.2) is 4.39 Å².